The van der Waals surface area contributed by atoms with Gasteiger partial charge in [0.1, 0.15) is 6.29 Å². The topological polar surface area (TPSA) is 17.1 Å². The number of hydrogen-bond acceptors (Lipinski definition) is 1. The standard InChI is InChI=1S/C23H45ClO/c1-2-3-4-5-6-7-8-9-10-11-12-13-16-19-23(22-25)20-17-14-15-18-21-24/h22-23H,2-21H2,1H3. The van der Waals surface area contributed by atoms with E-state index in [9.17, 15) is 4.79 Å². The fourth-order valence-electron chi connectivity index (χ4n) is 3.56. The Balaban J connectivity index is 3.23. The summed E-state index contributed by atoms with van der Waals surface area (Å²) in [5.74, 6) is 1.08. The lowest BCUT2D eigenvalue weighted by molar-refractivity contribution is -0.111. The first-order chi connectivity index (χ1) is 12.3. The molecule has 25 heavy (non-hydrogen) atoms. The monoisotopic (exact) mass is 372 g/mol. The maximum absolute atomic E-state index is 11.2. The van der Waals surface area contributed by atoms with Crippen molar-refractivity contribution in [3.63, 3.8) is 0 Å². The van der Waals surface area contributed by atoms with Gasteiger partial charge in [-0.3, -0.25) is 0 Å². The third-order valence-corrected chi connectivity index (χ3v) is 5.60. The molecular formula is C23H45ClO. The van der Waals surface area contributed by atoms with E-state index in [1.165, 1.54) is 109 Å². The van der Waals surface area contributed by atoms with Crippen LogP contribution >= 0.6 is 11.6 Å². The summed E-state index contributed by atoms with van der Waals surface area (Å²) < 4.78 is 0. The molecule has 0 spiro atoms. The minimum Gasteiger partial charge on any atom is -0.303 e. The molecule has 0 fully saturated rings. The average Bonchev–Trinajstić information content (AvgIpc) is 2.63. The van der Waals surface area contributed by atoms with Gasteiger partial charge in [0.05, 0.1) is 0 Å². The number of aldehydes is 1. The van der Waals surface area contributed by atoms with E-state index >= 15 is 0 Å². The first-order valence-electron chi connectivity index (χ1n) is 11.4. The first-order valence-corrected chi connectivity index (χ1v) is 11.9. The third-order valence-electron chi connectivity index (χ3n) is 5.33. The SMILES string of the molecule is CCCCCCCCCCCCCCCC(C=O)CCCCCCCl. The van der Waals surface area contributed by atoms with Crippen LogP contribution in [0.2, 0.25) is 0 Å². The van der Waals surface area contributed by atoms with Crippen LogP contribution in [0.3, 0.4) is 0 Å². The molecule has 0 rings (SSSR count). The summed E-state index contributed by atoms with van der Waals surface area (Å²) in [5, 5.41) is 0. The van der Waals surface area contributed by atoms with Gasteiger partial charge in [-0.15, -0.1) is 11.6 Å². The average molecular weight is 373 g/mol. The number of carbonyl (C=O) groups excluding carboxylic acids is 1. The molecule has 0 N–H and O–H groups in total. The maximum atomic E-state index is 11.2. The fourth-order valence-corrected chi connectivity index (χ4v) is 3.75. The van der Waals surface area contributed by atoms with Crippen molar-refractivity contribution in [2.75, 3.05) is 5.88 Å². The molecule has 150 valence electrons. The number of unbranched alkanes of at least 4 members (excludes halogenated alkanes) is 15. The van der Waals surface area contributed by atoms with Crippen molar-refractivity contribution in [2.24, 2.45) is 5.92 Å². The quantitative estimate of drug-likeness (QED) is 0.112. The van der Waals surface area contributed by atoms with E-state index in [4.69, 9.17) is 11.6 Å². The zero-order chi connectivity index (χ0) is 18.4. The molecule has 0 saturated heterocycles. The minimum absolute atomic E-state index is 0.309. The van der Waals surface area contributed by atoms with Crippen molar-refractivity contribution in [3.8, 4) is 0 Å². The van der Waals surface area contributed by atoms with E-state index in [-0.39, 0.29) is 0 Å². The van der Waals surface area contributed by atoms with E-state index < -0.39 is 0 Å². The predicted molar refractivity (Wildman–Crippen MR) is 114 cm³/mol. The Labute approximate surface area is 163 Å². The van der Waals surface area contributed by atoms with E-state index in [0.29, 0.717) is 5.92 Å². The molecule has 0 aliphatic heterocycles. The second kappa shape index (κ2) is 22.0. The fraction of sp³-hybridized carbons (Fsp3) is 0.957. The normalized spacial score (nSPS) is 12.4. The molecule has 0 heterocycles. The molecule has 0 aliphatic carbocycles. The molecule has 0 aromatic heterocycles. The van der Waals surface area contributed by atoms with E-state index in [2.05, 4.69) is 6.92 Å². The number of rotatable bonds is 21. The largest absolute Gasteiger partial charge is 0.303 e. The number of hydrogen-bond donors (Lipinski definition) is 0. The van der Waals surface area contributed by atoms with Crippen LogP contribution < -0.4 is 0 Å². The highest BCUT2D eigenvalue weighted by Crippen LogP contribution is 2.18. The van der Waals surface area contributed by atoms with Gasteiger partial charge in [0.15, 0.2) is 0 Å². The van der Waals surface area contributed by atoms with Crippen molar-refractivity contribution >= 4 is 17.9 Å². The van der Waals surface area contributed by atoms with Crippen molar-refractivity contribution < 1.29 is 4.79 Å². The molecular weight excluding hydrogens is 328 g/mol. The Morgan fingerprint density at radius 2 is 0.960 bits per heavy atom. The molecule has 0 aliphatic rings. The lowest BCUT2D eigenvalue weighted by Crippen LogP contribution is -2.02. The molecule has 0 aromatic carbocycles. The van der Waals surface area contributed by atoms with Crippen LogP contribution in [0, 0.1) is 5.92 Å². The highest BCUT2D eigenvalue weighted by Gasteiger charge is 2.06. The number of halogens is 1. The highest BCUT2D eigenvalue weighted by molar-refractivity contribution is 6.17. The van der Waals surface area contributed by atoms with Gasteiger partial charge < -0.3 is 4.79 Å². The molecule has 1 atom stereocenters. The Morgan fingerprint density at radius 1 is 0.600 bits per heavy atom. The molecule has 1 nitrogen and oxygen atoms in total. The van der Waals surface area contributed by atoms with Crippen LogP contribution in [0.15, 0.2) is 0 Å². The van der Waals surface area contributed by atoms with Crippen molar-refractivity contribution in [1.29, 1.82) is 0 Å². The highest BCUT2D eigenvalue weighted by atomic mass is 35.5. The second-order valence-electron chi connectivity index (χ2n) is 7.82. The molecule has 0 radical (unpaired) electrons. The Hall–Kier alpha value is -0.0400. The van der Waals surface area contributed by atoms with Gasteiger partial charge in [-0.1, -0.05) is 110 Å². The van der Waals surface area contributed by atoms with Crippen molar-refractivity contribution in [3.05, 3.63) is 0 Å². The van der Waals surface area contributed by atoms with Gasteiger partial charge in [0.2, 0.25) is 0 Å². The van der Waals surface area contributed by atoms with Crippen LogP contribution in [-0.2, 0) is 4.79 Å². The van der Waals surface area contributed by atoms with Crippen molar-refractivity contribution in [2.45, 2.75) is 129 Å². The van der Waals surface area contributed by atoms with Gasteiger partial charge in [0, 0.05) is 11.8 Å². The summed E-state index contributed by atoms with van der Waals surface area (Å²) in [6.07, 6.45) is 26.2. The number of carbonyl (C=O) groups is 1. The minimum atomic E-state index is 0.309. The summed E-state index contributed by atoms with van der Waals surface area (Å²) in [4.78, 5) is 11.2. The Morgan fingerprint density at radius 3 is 1.32 bits per heavy atom. The zero-order valence-electron chi connectivity index (χ0n) is 17.1. The van der Waals surface area contributed by atoms with Crippen LogP contribution in [0.1, 0.15) is 129 Å². The zero-order valence-corrected chi connectivity index (χ0v) is 17.8. The third kappa shape index (κ3) is 20.1. The van der Waals surface area contributed by atoms with Crippen LogP contribution in [-0.4, -0.2) is 12.2 Å². The lowest BCUT2D eigenvalue weighted by atomic mass is 9.95. The Kier molecular flexibility index (Phi) is 22.0. The van der Waals surface area contributed by atoms with E-state index in [0.717, 1.165) is 25.1 Å². The predicted octanol–water partition coefficient (Wildman–Crippen LogP) is 8.47. The van der Waals surface area contributed by atoms with Crippen LogP contribution in [0.4, 0.5) is 0 Å². The Bertz CT molecular complexity index is 254. The van der Waals surface area contributed by atoms with E-state index in [1.807, 2.05) is 0 Å². The van der Waals surface area contributed by atoms with Crippen LogP contribution in [0.5, 0.6) is 0 Å². The summed E-state index contributed by atoms with van der Waals surface area (Å²) in [5.41, 5.74) is 0. The van der Waals surface area contributed by atoms with E-state index in [1.54, 1.807) is 0 Å². The summed E-state index contributed by atoms with van der Waals surface area (Å²) >= 11 is 5.68. The smallest absolute Gasteiger partial charge is 0.123 e. The van der Waals surface area contributed by atoms with Gasteiger partial charge in [-0.05, 0) is 19.3 Å². The number of alkyl halides is 1. The molecule has 0 saturated carbocycles. The van der Waals surface area contributed by atoms with Crippen molar-refractivity contribution in [1.82, 2.24) is 0 Å². The van der Waals surface area contributed by atoms with Crippen LogP contribution in [0.25, 0.3) is 0 Å². The first kappa shape index (κ1) is 25.0. The molecule has 0 bridgehead atoms. The molecule has 0 aromatic rings. The van der Waals surface area contributed by atoms with Gasteiger partial charge in [-0.25, -0.2) is 0 Å². The lowest BCUT2D eigenvalue weighted by Gasteiger charge is -2.09. The molecule has 2 heteroatoms. The van der Waals surface area contributed by atoms with Gasteiger partial charge in [0.25, 0.3) is 0 Å². The second-order valence-corrected chi connectivity index (χ2v) is 8.20. The molecule has 0 amide bonds. The van der Waals surface area contributed by atoms with Gasteiger partial charge >= 0.3 is 0 Å². The maximum Gasteiger partial charge on any atom is 0.123 e. The summed E-state index contributed by atoms with van der Waals surface area (Å²) in [6, 6.07) is 0. The molecule has 1 unspecified atom stereocenters. The summed E-state index contributed by atoms with van der Waals surface area (Å²) in [7, 11) is 0. The van der Waals surface area contributed by atoms with Gasteiger partial charge in [-0.2, -0.15) is 0 Å². The summed E-state index contributed by atoms with van der Waals surface area (Å²) in [6.45, 7) is 2.28.